The lowest BCUT2D eigenvalue weighted by Crippen LogP contribution is -2.03. The summed E-state index contributed by atoms with van der Waals surface area (Å²) in [4.78, 5) is 8.75. The second-order valence-electron chi connectivity index (χ2n) is 4.71. The lowest BCUT2D eigenvalue weighted by molar-refractivity contribution is 0.752. The summed E-state index contributed by atoms with van der Waals surface area (Å²) >= 11 is 7.60. The van der Waals surface area contributed by atoms with Crippen molar-refractivity contribution in [2.75, 3.05) is 0 Å². The van der Waals surface area contributed by atoms with E-state index in [0.717, 1.165) is 28.3 Å². The molecule has 0 bridgehead atoms. The molecule has 3 rings (SSSR count). The SMILES string of the molecule is Cn1ccnc1SCc1nccn1Cc1ccc(Cl)cc1. The predicted octanol–water partition coefficient (Wildman–Crippen LogP) is 3.61. The molecule has 3 aromatic rings. The number of nitrogens with zero attached hydrogens (tertiary/aromatic N) is 4. The zero-order valence-corrected chi connectivity index (χ0v) is 13.2. The van der Waals surface area contributed by atoms with Crippen LogP contribution in [0.5, 0.6) is 0 Å². The topological polar surface area (TPSA) is 35.6 Å². The lowest BCUT2D eigenvalue weighted by Gasteiger charge is -2.08. The van der Waals surface area contributed by atoms with Crippen molar-refractivity contribution in [1.29, 1.82) is 0 Å². The van der Waals surface area contributed by atoms with Gasteiger partial charge in [-0.3, -0.25) is 0 Å². The van der Waals surface area contributed by atoms with E-state index in [0.29, 0.717) is 0 Å². The van der Waals surface area contributed by atoms with Crippen molar-refractivity contribution in [3.05, 3.63) is 65.5 Å². The van der Waals surface area contributed by atoms with E-state index >= 15 is 0 Å². The van der Waals surface area contributed by atoms with Gasteiger partial charge in [0.05, 0.1) is 5.75 Å². The summed E-state index contributed by atoms with van der Waals surface area (Å²) in [5.74, 6) is 1.84. The summed E-state index contributed by atoms with van der Waals surface area (Å²) in [5, 5.41) is 1.76. The van der Waals surface area contributed by atoms with Crippen LogP contribution in [0.25, 0.3) is 0 Å². The number of halogens is 1. The quantitative estimate of drug-likeness (QED) is 0.674. The third-order valence-electron chi connectivity index (χ3n) is 3.18. The molecule has 21 heavy (non-hydrogen) atoms. The first-order chi connectivity index (χ1) is 10.2. The molecule has 6 heteroatoms. The Labute approximate surface area is 132 Å². The molecule has 0 saturated carbocycles. The number of aromatic nitrogens is 4. The first kappa shape index (κ1) is 14.2. The lowest BCUT2D eigenvalue weighted by atomic mass is 10.2. The van der Waals surface area contributed by atoms with Gasteiger partial charge in [0.15, 0.2) is 5.16 Å². The summed E-state index contributed by atoms with van der Waals surface area (Å²) in [6.45, 7) is 0.799. The fourth-order valence-corrected chi connectivity index (χ4v) is 3.06. The summed E-state index contributed by atoms with van der Waals surface area (Å²) in [6, 6.07) is 7.91. The highest BCUT2D eigenvalue weighted by Gasteiger charge is 2.07. The average molecular weight is 319 g/mol. The average Bonchev–Trinajstić information content (AvgIpc) is 3.08. The van der Waals surface area contributed by atoms with Crippen molar-refractivity contribution in [3.63, 3.8) is 0 Å². The van der Waals surface area contributed by atoms with E-state index in [2.05, 4.69) is 14.5 Å². The summed E-state index contributed by atoms with van der Waals surface area (Å²) in [6.07, 6.45) is 7.60. The van der Waals surface area contributed by atoms with E-state index in [1.807, 2.05) is 60.7 Å². The molecule has 1 aromatic carbocycles. The van der Waals surface area contributed by atoms with Crippen LogP contribution in [0.2, 0.25) is 5.02 Å². The molecule has 0 aliphatic rings. The molecule has 0 fully saturated rings. The fourth-order valence-electron chi connectivity index (χ4n) is 2.03. The van der Waals surface area contributed by atoms with Gasteiger partial charge in [-0.25, -0.2) is 9.97 Å². The van der Waals surface area contributed by atoms with Crippen LogP contribution >= 0.6 is 23.4 Å². The highest BCUT2D eigenvalue weighted by molar-refractivity contribution is 7.98. The number of benzene rings is 1. The van der Waals surface area contributed by atoms with E-state index in [1.54, 1.807) is 11.8 Å². The normalized spacial score (nSPS) is 11.0. The third-order valence-corrected chi connectivity index (χ3v) is 4.48. The standard InChI is InChI=1S/C15H15ClN4S/c1-19-8-6-18-15(19)21-11-14-17-7-9-20(14)10-12-2-4-13(16)5-3-12/h2-9H,10-11H2,1H3. The van der Waals surface area contributed by atoms with Crippen LogP contribution < -0.4 is 0 Å². The molecule has 0 aliphatic carbocycles. The Morgan fingerprint density at radius 3 is 2.57 bits per heavy atom. The molecular weight excluding hydrogens is 304 g/mol. The van der Waals surface area contributed by atoms with Crippen LogP contribution in [0, 0.1) is 0 Å². The van der Waals surface area contributed by atoms with Crippen molar-refractivity contribution in [2.45, 2.75) is 17.5 Å². The van der Waals surface area contributed by atoms with Gasteiger partial charge in [-0.2, -0.15) is 0 Å². The van der Waals surface area contributed by atoms with Crippen molar-refractivity contribution < 1.29 is 0 Å². The van der Waals surface area contributed by atoms with E-state index in [9.17, 15) is 0 Å². The van der Waals surface area contributed by atoms with Gasteiger partial charge in [-0.1, -0.05) is 35.5 Å². The molecule has 2 heterocycles. The Morgan fingerprint density at radius 1 is 1.10 bits per heavy atom. The van der Waals surface area contributed by atoms with E-state index in [4.69, 9.17) is 11.6 Å². The van der Waals surface area contributed by atoms with Crippen LogP contribution in [-0.2, 0) is 19.3 Å². The molecule has 0 atom stereocenters. The van der Waals surface area contributed by atoms with Crippen molar-refractivity contribution >= 4 is 23.4 Å². The highest BCUT2D eigenvalue weighted by atomic mass is 35.5. The monoisotopic (exact) mass is 318 g/mol. The zero-order chi connectivity index (χ0) is 14.7. The van der Waals surface area contributed by atoms with Crippen molar-refractivity contribution in [3.8, 4) is 0 Å². The number of thioether (sulfide) groups is 1. The number of rotatable bonds is 5. The largest absolute Gasteiger partial charge is 0.330 e. The van der Waals surface area contributed by atoms with E-state index in [-0.39, 0.29) is 0 Å². The fraction of sp³-hybridized carbons (Fsp3) is 0.200. The Bertz CT molecular complexity index is 717. The molecule has 0 N–H and O–H groups in total. The van der Waals surface area contributed by atoms with Crippen LogP contribution in [0.3, 0.4) is 0 Å². The van der Waals surface area contributed by atoms with Gasteiger partial charge in [-0.05, 0) is 17.7 Å². The number of hydrogen-bond donors (Lipinski definition) is 0. The second-order valence-corrected chi connectivity index (χ2v) is 6.09. The molecule has 0 spiro atoms. The third kappa shape index (κ3) is 3.49. The molecule has 0 amide bonds. The van der Waals surface area contributed by atoms with Gasteiger partial charge in [0, 0.05) is 43.4 Å². The minimum Gasteiger partial charge on any atom is -0.330 e. The minimum absolute atomic E-state index is 0.759. The van der Waals surface area contributed by atoms with E-state index < -0.39 is 0 Å². The minimum atomic E-state index is 0.759. The molecule has 0 unspecified atom stereocenters. The molecule has 0 aliphatic heterocycles. The van der Waals surface area contributed by atoms with Gasteiger partial charge < -0.3 is 9.13 Å². The molecule has 0 saturated heterocycles. The second kappa shape index (κ2) is 6.37. The summed E-state index contributed by atoms with van der Waals surface area (Å²) in [5.41, 5.74) is 1.21. The molecule has 2 aromatic heterocycles. The maximum absolute atomic E-state index is 5.91. The molecular formula is C15H15ClN4S. The Morgan fingerprint density at radius 2 is 1.86 bits per heavy atom. The first-order valence-electron chi connectivity index (χ1n) is 6.57. The van der Waals surface area contributed by atoms with Crippen LogP contribution in [0.15, 0.2) is 54.2 Å². The van der Waals surface area contributed by atoms with Crippen molar-refractivity contribution in [2.24, 2.45) is 7.05 Å². The van der Waals surface area contributed by atoms with Crippen LogP contribution in [-0.4, -0.2) is 19.1 Å². The number of aryl methyl sites for hydroxylation is 1. The summed E-state index contributed by atoms with van der Waals surface area (Å²) < 4.78 is 4.16. The Balaban J connectivity index is 1.69. The maximum atomic E-state index is 5.91. The zero-order valence-electron chi connectivity index (χ0n) is 11.6. The molecule has 108 valence electrons. The smallest absolute Gasteiger partial charge is 0.168 e. The van der Waals surface area contributed by atoms with Gasteiger partial charge in [0.2, 0.25) is 0 Å². The molecule has 0 radical (unpaired) electrons. The van der Waals surface area contributed by atoms with Crippen LogP contribution in [0.4, 0.5) is 0 Å². The van der Waals surface area contributed by atoms with Gasteiger partial charge in [-0.15, -0.1) is 0 Å². The van der Waals surface area contributed by atoms with Gasteiger partial charge in [0.1, 0.15) is 5.82 Å². The molecule has 4 nitrogen and oxygen atoms in total. The number of hydrogen-bond acceptors (Lipinski definition) is 3. The van der Waals surface area contributed by atoms with Gasteiger partial charge in [0.25, 0.3) is 0 Å². The summed E-state index contributed by atoms with van der Waals surface area (Å²) in [7, 11) is 2.00. The first-order valence-corrected chi connectivity index (χ1v) is 7.93. The Kier molecular flexibility index (Phi) is 4.31. The van der Waals surface area contributed by atoms with Crippen molar-refractivity contribution in [1.82, 2.24) is 19.1 Å². The van der Waals surface area contributed by atoms with Gasteiger partial charge >= 0.3 is 0 Å². The highest BCUT2D eigenvalue weighted by Crippen LogP contribution is 2.20. The van der Waals surface area contributed by atoms with E-state index in [1.165, 1.54) is 5.56 Å². The maximum Gasteiger partial charge on any atom is 0.168 e. The Hall–Kier alpha value is -1.72. The number of imidazole rings is 2. The van der Waals surface area contributed by atoms with Crippen LogP contribution in [0.1, 0.15) is 11.4 Å². The predicted molar refractivity (Wildman–Crippen MR) is 85.6 cm³/mol.